The second-order valence-corrected chi connectivity index (χ2v) is 5.51. The van der Waals surface area contributed by atoms with E-state index in [-0.39, 0.29) is 30.5 Å². The van der Waals surface area contributed by atoms with Gasteiger partial charge in [0.25, 0.3) is 11.5 Å². The molecule has 2 heterocycles. The van der Waals surface area contributed by atoms with Crippen molar-refractivity contribution >= 4 is 16.8 Å². The maximum absolute atomic E-state index is 12.9. The van der Waals surface area contributed by atoms with Crippen LogP contribution in [0.1, 0.15) is 47.6 Å². The Morgan fingerprint density at radius 2 is 2.33 bits per heavy atom. The van der Waals surface area contributed by atoms with Gasteiger partial charge in [-0.1, -0.05) is 6.07 Å². The van der Waals surface area contributed by atoms with E-state index in [9.17, 15) is 14.7 Å². The van der Waals surface area contributed by atoms with Gasteiger partial charge in [0, 0.05) is 12.2 Å². The summed E-state index contributed by atoms with van der Waals surface area (Å²) in [5, 5.41) is 9.94. The molecule has 8 heteroatoms. The van der Waals surface area contributed by atoms with E-state index < -0.39 is 11.5 Å². The average Bonchev–Trinajstić information content (AvgIpc) is 3.10. The molecule has 2 aromatic rings. The molecule has 3 N–H and O–H groups in total. The first kappa shape index (κ1) is 16.4. The number of aliphatic hydroxyl groups excluding tert-OH is 1. The minimum absolute atomic E-state index is 0.169. The van der Waals surface area contributed by atoms with Crippen molar-refractivity contribution in [3.63, 3.8) is 0 Å². The number of hydrogen-bond donors (Lipinski definition) is 2. The van der Waals surface area contributed by atoms with Crippen LogP contribution in [0.4, 0.5) is 0 Å². The van der Waals surface area contributed by atoms with Gasteiger partial charge >= 0.3 is 0 Å². The van der Waals surface area contributed by atoms with Crippen LogP contribution in [0.3, 0.4) is 0 Å². The second kappa shape index (κ2) is 6.58. The van der Waals surface area contributed by atoms with E-state index in [4.69, 9.17) is 15.3 Å². The van der Waals surface area contributed by atoms with Crippen molar-refractivity contribution in [2.75, 3.05) is 13.2 Å². The number of primary amides is 1. The van der Waals surface area contributed by atoms with E-state index in [1.165, 1.54) is 0 Å². The van der Waals surface area contributed by atoms with Gasteiger partial charge in [-0.2, -0.15) is 0 Å². The Kier molecular flexibility index (Phi) is 4.50. The SMILES string of the molecule is CCOn1c(C(N)=O)nc2ccc(CO)c(C3CCCO3)c2c1=O. The lowest BCUT2D eigenvalue weighted by molar-refractivity contribution is 0.0832. The Balaban J connectivity index is 2.37. The van der Waals surface area contributed by atoms with Crippen LogP contribution < -0.4 is 16.1 Å². The Hall–Kier alpha value is -2.45. The highest BCUT2D eigenvalue weighted by Crippen LogP contribution is 2.34. The molecule has 0 aliphatic carbocycles. The monoisotopic (exact) mass is 333 g/mol. The number of benzene rings is 1. The third-order valence-corrected chi connectivity index (χ3v) is 4.03. The number of carbonyl (C=O) groups excluding carboxylic acids is 1. The van der Waals surface area contributed by atoms with Crippen molar-refractivity contribution in [2.45, 2.75) is 32.5 Å². The molecule has 1 aromatic carbocycles. The molecule has 0 saturated carbocycles. The molecule has 1 unspecified atom stereocenters. The molecule has 0 bridgehead atoms. The zero-order valence-electron chi connectivity index (χ0n) is 13.3. The van der Waals surface area contributed by atoms with Crippen LogP contribution in [-0.2, 0) is 11.3 Å². The fraction of sp³-hybridized carbons (Fsp3) is 0.438. The predicted molar refractivity (Wildman–Crippen MR) is 85.5 cm³/mol. The molecule has 128 valence electrons. The van der Waals surface area contributed by atoms with Gasteiger partial charge in [-0.05, 0) is 31.4 Å². The Morgan fingerprint density at radius 1 is 1.54 bits per heavy atom. The highest BCUT2D eigenvalue weighted by molar-refractivity contribution is 5.92. The summed E-state index contributed by atoms with van der Waals surface area (Å²) in [5.74, 6) is -1.11. The predicted octanol–water partition coefficient (Wildman–Crippen LogP) is 0.288. The van der Waals surface area contributed by atoms with Crippen LogP contribution in [0.25, 0.3) is 10.9 Å². The molecular formula is C16H19N3O5. The largest absolute Gasteiger partial charge is 0.409 e. The standard InChI is InChI=1S/C16H19N3O5/c1-2-24-19-15(14(17)21)18-10-6-5-9(8-20)12(13(10)16(19)22)11-4-3-7-23-11/h5-6,11,20H,2-4,7-8H2,1H3,(H2,17,21). The van der Waals surface area contributed by atoms with Gasteiger partial charge in [0.2, 0.25) is 5.82 Å². The number of carbonyl (C=O) groups is 1. The maximum Gasteiger partial charge on any atom is 0.295 e. The number of aliphatic hydroxyl groups is 1. The van der Waals surface area contributed by atoms with E-state index in [0.717, 1.165) is 17.6 Å². The van der Waals surface area contributed by atoms with E-state index in [0.29, 0.717) is 23.3 Å². The molecule has 1 aliphatic heterocycles. The molecule has 1 aromatic heterocycles. The lowest BCUT2D eigenvalue weighted by Gasteiger charge is -2.18. The third-order valence-electron chi connectivity index (χ3n) is 4.03. The highest BCUT2D eigenvalue weighted by atomic mass is 16.7. The minimum Gasteiger partial charge on any atom is -0.409 e. The zero-order valence-corrected chi connectivity index (χ0v) is 13.3. The first-order chi connectivity index (χ1) is 11.6. The van der Waals surface area contributed by atoms with Gasteiger partial charge in [-0.3, -0.25) is 9.59 Å². The number of rotatable bonds is 5. The summed E-state index contributed by atoms with van der Waals surface area (Å²) >= 11 is 0. The summed E-state index contributed by atoms with van der Waals surface area (Å²) in [6, 6.07) is 3.27. The number of hydrogen-bond acceptors (Lipinski definition) is 6. The van der Waals surface area contributed by atoms with Gasteiger partial charge < -0.3 is 20.4 Å². The molecule has 1 amide bonds. The average molecular weight is 333 g/mol. The normalized spacial score (nSPS) is 17.3. The summed E-state index contributed by atoms with van der Waals surface area (Å²) in [4.78, 5) is 34.0. The minimum atomic E-state index is -0.854. The summed E-state index contributed by atoms with van der Waals surface area (Å²) in [7, 11) is 0. The molecule has 8 nitrogen and oxygen atoms in total. The number of fused-ring (bicyclic) bond motifs is 1. The molecule has 24 heavy (non-hydrogen) atoms. The van der Waals surface area contributed by atoms with Crippen LogP contribution in [0.5, 0.6) is 0 Å². The summed E-state index contributed by atoms with van der Waals surface area (Å²) in [6.45, 7) is 2.23. The highest BCUT2D eigenvalue weighted by Gasteiger charge is 2.27. The number of ether oxygens (including phenoxy) is 1. The van der Waals surface area contributed by atoms with Gasteiger partial charge in [-0.15, -0.1) is 4.73 Å². The van der Waals surface area contributed by atoms with E-state index in [1.807, 2.05) is 0 Å². The molecule has 0 spiro atoms. The van der Waals surface area contributed by atoms with Gasteiger partial charge in [0.05, 0.1) is 23.6 Å². The molecule has 1 saturated heterocycles. The first-order valence-corrected chi connectivity index (χ1v) is 7.82. The van der Waals surface area contributed by atoms with Crippen LogP contribution in [-0.4, -0.2) is 33.9 Å². The molecule has 0 radical (unpaired) electrons. The topological polar surface area (TPSA) is 117 Å². The van der Waals surface area contributed by atoms with Gasteiger partial charge in [-0.25, -0.2) is 4.98 Å². The van der Waals surface area contributed by atoms with Crippen molar-refractivity contribution in [3.8, 4) is 0 Å². The third kappa shape index (κ3) is 2.63. The molecule has 1 aliphatic rings. The number of aromatic nitrogens is 2. The van der Waals surface area contributed by atoms with Crippen molar-refractivity contribution in [1.82, 2.24) is 9.71 Å². The van der Waals surface area contributed by atoms with Crippen molar-refractivity contribution < 1.29 is 19.5 Å². The maximum atomic E-state index is 12.9. The number of amides is 1. The lowest BCUT2D eigenvalue weighted by Crippen LogP contribution is -2.36. The van der Waals surface area contributed by atoms with Crippen LogP contribution in [0, 0.1) is 0 Å². The fourth-order valence-corrected chi connectivity index (χ4v) is 3.04. The van der Waals surface area contributed by atoms with Crippen molar-refractivity contribution in [3.05, 3.63) is 39.4 Å². The Bertz CT molecular complexity index is 840. The van der Waals surface area contributed by atoms with Crippen LogP contribution >= 0.6 is 0 Å². The molecule has 1 atom stereocenters. The van der Waals surface area contributed by atoms with Crippen LogP contribution in [0.15, 0.2) is 16.9 Å². The fourth-order valence-electron chi connectivity index (χ4n) is 3.04. The quantitative estimate of drug-likeness (QED) is 0.812. The Morgan fingerprint density at radius 3 is 2.92 bits per heavy atom. The van der Waals surface area contributed by atoms with E-state index >= 15 is 0 Å². The summed E-state index contributed by atoms with van der Waals surface area (Å²) < 4.78 is 6.53. The van der Waals surface area contributed by atoms with E-state index in [2.05, 4.69) is 4.98 Å². The first-order valence-electron chi connectivity index (χ1n) is 7.82. The molecular weight excluding hydrogens is 314 g/mol. The molecule has 3 rings (SSSR count). The molecule has 1 fully saturated rings. The summed E-state index contributed by atoms with van der Waals surface area (Å²) in [6.07, 6.45) is 1.33. The Labute approximate surface area is 137 Å². The van der Waals surface area contributed by atoms with Gasteiger partial charge in [0.15, 0.2) is 0 Å². The van der Waals surface area contributed by atoms with Crippen molar-refractivity contribution in [1.29, 1.82) is 0 Å². The van der Waals surface area contributed by atoms with E-state index in [1.54, 1.807) is 19.1 Å². The second-order valence-electron chi connectivity index (χ2n) is 5.51. The lowest BCUT2D eigenvalue weighted by atomic mass is 9.96. The van der Waals surface area contributed by atoms with Gasteiger partial charge in [0.1, 0.15) is 6.61 Å². The number of nitrogens with two attached hydrogens (primary N) is 1. The number of nitrogens with zero attached hydrogens (tertiary/aromatic N) is 2. The van der Waals surface area contributed by atoms with Crippen molar-refractivity contribution in [2.24, 2.45) is 5.73 Å². The summed E-state index contributed by atoms with van der Waals surface area (Å²) in [5.41, 5.74) is 6.32. The smallest absolute Gasteiger partial charge is 0.295 e. The zero-order chi connectivity index (χ0) is 17.3. The van der Waals surface area contributed by atoms with Crippen LogP contribution in [0.2, 0.25) is 0 Å².